The molecule has 0 amide bonds. The number of hydrogen-bond donors (Lipinski definition) is 2. The van der Waals surface area contributed by atoms with Gasteiger partial charge in [0.1, 0.15) is 12.0 Å². The molecule has 1 unspecified atom stereocenters. The molecule has 0 aliphatic carbocycles. The van der Waals surface area contributed by atoms with Crippen LogP contribution in [0.2, 0.25) is 5.02 Å². The summed E-state index contributed by atoms with van der Waals surface area (Å²) in [5, 5.41) is 18.8. The highest BCUT2D eigenvalue weighted by Crippen LogP contribution is 2.36. The molecule has 6 rings (SSSR count). The molecular formula is C33H30ClF3N6O3. The van der Waals surface area contributed by atoms with E-state index in [4.69, 9.17) is 11.6 Å². The summed E-state index contributed by atoms with van der Waals surface area (Å²) >= 11 is 6.34. The number of nitrogens with zero attached hydrogens (tertiary/aromatic N) is 5. The summed E-state index contributed by atoms with van der Waals surface area (Å²) in [5.41, 5.74) is 4.77. The fourth-order valence-corrected chi connectivity index (χ4v) is 5.97. The molecule has 1 aliphatic rings. The molecule has 238 valence electrons. The van der Waals surface area contributed by atoms with Crippen molar-refractivity contribution in [3.05, 3.63) is 100 Å². The van der Waals surface area contributed by atoms with Crippen LogP contribution in [0.5, 0.6) is 5.75 Å². The number of halogens is 4. The zero-order chi connectivity index (χ0) is 32.6. The summed E-state index contributed by atoms with van der Waals surface area (Å²) in [4.78, 5) is 23.1. The molecule has 0 saturated carbocycles. The lowest BCUT2D eigenvalue weighted by Crippen LogP contribution is -2.29. The van der Waals surface area contributed by atoms with Crippen LogP contribution in [-0.4, -0.2) is 42.0 Å². The van der Waals surface area contributed by atoms with Gasteiger partial charge in [0.05, 0.1) is 41.3 Å². The minimum Gasteiger partial charge on any atom is -0.406 e. The Morgan fingerprint density at radius 1 is 1.00 bits per heavy atom. The first-order valence-corrected chi connectivity index (χ1v) is 15.0. The number of aliphatic hydroxyl groups is 1. The highest BCUT2D eigenvalue weighted by Gasteiger charge is 2.31. The second-order valence-electron chi connectivity index (χ2n) is 11.3. The van der Waals surface area contributed by atoms with E-state index < -0.39 is 18.6 Å². The van der Waals surface area contributed by atoms with Gasteiger partial charge in [0.25, 0.3) is 5.56 Å². The van der Waals surface area contributed by atoms with Gasteiger partial charge >= 0.3 is 6.36 Å². The molecule has 4 heterocycles. The van der Waals surface area contributed by atoms with Crippen molar-refractivity contribution in [1.82, 2.24) is 24.3 Å². The van der Waals surface area contributed by atoms with Crippen molar-refractivity contribution in [3.8, 4) is 39.4 Å². The molecule has 2 N–H and O–H groups in total. The molecule has 1 aliphatic heterocycles. The van der Waals surface area contributed by atoms with Crippen LogP contribution in [0.25, 0.3) is 33.6 Å². The standard InChI is InChI=1S/C33H30ClF3N6O3/c1-19-4-3-5-29(27-14-21(12-13-38-27)31-28(41-32(19)45)17-40-42(31)2)43-18-39-26(16-30(43)44)25-15-22(34)8-11-24(25)20-6-9-23(10-7-20)46-33(35,36)37/h6-19,29,32,41,45H,3-5H2,1-2H3/t19-,29+,32?/m1/s1. The summed E-state index contributed by atoms with van der Waals surface area (Å²) < 4.78 is 45.3. The third kappa shape index (κ3) is 6.63. The zero-order valence-corrected chi connectivity index (χ0v) is 25.6. The molecule has 2 aromatic carbocycles. The number of anilines is 1. The number of aliphatic hydroxyl groups excluding tert-OH is 1. The van der Waals surface area contributed by atoms with Crippen molar-refractivity contribution >= 4 is 17.3 Å². The first-order valence-electron chi connectivity index (χ1n) is 14.6. The van der Waals surface area contributed by atoms with Crippen LogP contribution in [0.1, 0.15) is 37.9 Å². The Hall–Kier alpha value is -4.68. The number of pyridine rings is 1. The van der Waals surface area contributed by atoms with Gasteiger partial charge in [0, 0.05) is 41.4 Å². The van der Waals surface area contributed by atoms with E-state index in [2.05, 4.69) is 25.1 Å². The third-order valence-electron chi connectivity index (χ3n) is 8.14. The highest BCUT2D eigenvalue weighted by molar-refractivity contribution is 6.31. The number of hydrogen-bond acceptors (Lipinski definition) is 7. The van der Waals surface area contributed by atoms with E-state index in [9.17, 15) is 23.1 Å². The van der Waals surface area contributed by atoms with Crippen molar-refractivity contribution in [1.29, 1.82) is 0 Å². The Morgan fingerprint density at radius 3 is 2.52 bits per heavy atom. The molecular weight excluding hydrogens is 621 g/mol. The molecule has 46 heavy (non-hydrogen) atoms. The SMILES string of the molecule is C[C@@H]1CCC[C@H](n2cnc(-c3cc(Cl)ccc3-c3ccc(OC(F)(F)F)cc3)cc2=O)c2cc(ccn2)-c2c(cnn2C)NC1O. The number of nitrogens with one attached hydrogen (secondary N) is 1. The number of rotatable bonds is 4. The summed E-state index contributed by atoms with van der Waals surface area (Å²) in [5.74, 6) is -0.422. The Morgan fingerprint density at radius 2 is 1.78 bits per heavy atom. The lowest BCUT2D eigenvalue weighted by molar-refractivity contribution is -0.274. The van der Waals surface area contributed by atoms with E-state index in [1.165, 1.54) is 36.7 Å². The van der Waals surface area contributed by atoms with Crippen LogP contribution in [0.15, 0.2) is 84.2 Å². The maximum absolute atomic E-state index is 13.8. The second-order valence-corrected chi connectivity index (χ2v) is 11.7. The van der Waals surface area contributed by atoms with Crippen LogP contribution >= 0.6 is 11.6 Å². The van der Waals surface area contributed by atoms with Crippen molar-refractivity contribution < 1.29 is 23.0 Å². The lowest BCUT2D eigenvalue weighted by Gasteiger charge is -2.25. The van der Waals surface area contributed by atoms with E-state index in [1.807, 2.05) is 26.1 Å². The smallest absolute Gasteiger partial charge is 0.406 e. The Labute approximate surface area is 267 Å². The van der Waals surface area contributed by atoms with Crippen molar-refractivity contribution in [3.63, 3.8) is 0 Å². The van der Waals surface area contributed by atoms with Crippen molar-refractivity contribution in [2.75, 3.05) is 5.32 Å². The van der Waals surface area contributed by atoms with Crippen LogP contribution in [0.3, 0.4) is 0 Å². The summed E-state index contributed by atoms with van der Waals surface area (Å²) in [7, 11) is 1.82. The molecule has 5 aromatic rings. The van der Waals surface area contributed by atoms with Gasteiger partial charge < -0.3 is 15.2 Å². The van der Waals surface area contributed by atoms with Crippen LogP contribution in [-0.2, 0) is 7.05 Å². The number of benzene rings is 2. The number of aryl methyl sites for hydroxylation is 1. The van der Waals surface area contributed by atoms with Gasteiger partial charge in [0.2, 0.25) is 0 Å². The van der Waals surface area contributed by atoms with Gasteiger partial charge in [-0.3, -0.25) is 19.0 Å². The van der Waals surface area contributed by atoms with Gasteiger partial charge in [0.15, 0.2) is 0 Å². The summed E-state index contributed by atoms with van der Waals surface area (Å²) in [6.45, 7) is 1.97. The fraction of sp³-hybridized carbons (Fsp3) is 0.273. The van der Waals surface area contributed by atoms with Crippen LogP contribution in [0, 0.1) is 5.92 Å². The molecule has 9 nitrogen and oxygen atoms in total. The Balaban J connectivity index is 1.38. The number of aromatic nitrogens is 5. The van der Waals surface area contributed by atoms with E-state index in [0.29, 0.717) is 58.1 Å². The van der Waals surface area contributed by atoms with E-state index in [0.717, 1.165) is 11.3 Å². The maximum Gasteiger partial charge on any atom is 0.573 e. The lowest BCUT2D eigenvalue weighted by atomic mass is 9.96. The predicted octanol–water partition coefficient (Wildman–Crippen LogP) is 7.06. The molecule has 0 saturated heterocycles. The maximum atomic E-state index is 13.8. The van der Waals surface area contributed by atoms with E-state index in [1.54, 1.807) is 39.8 Å². The van der Waals surface area contributed by atoms with Gasteiger partial charge in [-0.05, 0) is 60.4 Å². The molecule has 0 spiro atoms. The van der Waals surface area contributed by atoms with Gasteiger partial charge in [-0.1, -0.05) is 43.1 Å². The first-order chi connectivity index (χ1) is 22.0. The van der Waals surface area contributed by atoms with Crippen LogP contribution < -0.4 is 15.6 Å². The number of alkyl halides is 3. The fourth-order valence-electron chi connectivity index (χ4n) is 5.79. The quantitative estimate of drug-likeness (QED) is 0.214. The van der Waals surface area contributed by atoms with Gasteiger partial charge in [-0.2, -0.15) is 5.10 Å². The van der Waals surface area contributed by atoms with E-state index >= 15 is 0 Å². The highest BCUT2D eigenvalue weighted by atomic mass is 35.5. The molecule has 0 radical (unpaired) electrons. The molecule has 3 aromatic heterocycles. The Bertz CT molecular complexity index is 1930. The largest absolute Gasteiger partial charge is 0.573 e. The van der Waals surface area contributed by atoms with Gasteiger partial charge in [-0.15, -0.1) is 13.2 Å². The summed E-state index contributed by atoms with van der Waals surface area (Å²) in [6, 6.07) is 15.3. The van der Waals surface area contributed by atoms with Gasteiger partial charge in [-0.25, -0.2) is 4.98 Å². The molecule has 2 bridgehead atoms. The Kier molecular flexibility index (Phi) is 8.58. The number of ether oxygens (including phenoxy) is 1. The van der Waals surface area contributed by atoms with Crippen molar-refractivity contribution in [2.24, 2.45) is 13.0 Å². The predicted molar refractivity (Wildman–Crippen MR) is 168 cm³/mol. The first kappa shape index (κ1) is 31.3. The third-order valence-corrected chi connectivity index (χ3v) is 8.38. The molecule has 0 fully saturated rings. The molecule has 13 heteroatoms. The summed E-state index contributed by atoms with van der Waals surface area (Å²) in [6.07, 6.45) is 1.24. The van der Waals surface area contributed by atoms with E-state index in [-0.39, 0.29) is 17.2 Å². The van der Waals surface area contributed by atoms with Crippen LogP contribution in [0.4, 0.5) is 18.9 Å². The average Bonchev–Trinajstić information content (AvgIpc) is 3.38. The van der Waals surface area contributed by atoms with Crippen molar-refractivity contribution in [2.45, 2.75) is 44.8 Å². The topological polar surface area (TPSA) is 107 Å². The second kappa shape index (κ2) is 12.6. The zero-order valence-electron chi connectivity index (χ0n) is 24.9. The monoisotopic (exact) mass is 650 g/mol. The molecule has 3 atom stereocenters. The number of fused-ring (bicyclic) bond motifs is 4. The average molecular weight is 651 g/mol. The normalized spacial score (nSPS) is 18.5. The minimum atomic E-state index is -4.80. The minimum absolute atomic E-state index is 0.0769.